The summed E-state index contributed by atoms with van der Waals surface area (Å²) in [5, 5.41) is 2.91. The van der Waals surface area contributed by atoms with Crippen molar-refractivity contribution in [1.82, 2.24) is 20.2 Å². The van der Waals surface area contributed by atoms with Gasteiger partial charge in [-0.15, -0.1) is 0 Å². The lowest BCUT2D eigenvalue weighted by molar-refractivity contribution is 0.0953. The summed E-state index contributed by atoms with van der Waals surface area (Å²) in [4.78, 5) is 25.4. The molecule has 6 nitrogen and oxygen atoms in total. The molecule has 0 saturated carbocycles. The zero-order valence-corrected chi connectivity index (χ0v) is 14.0. The molecular formula is C18H23N5O. The number of piperazine rings is 1. The second-order valence-electron chi connectivity index (χ2n) is 6.02. The van der Waals surface area contributed by atoms with E-state index in [0.29, 0.717) is 12.1 Å². The molecule has 0 radical (unpaired) electrons. The van der Waals surface area contributed by atoms with Crippen LogP contribution in [-0.2, 0) is 6.42 Å². The normalized spacial score (nSPS) is 15.3. The number of amides is 1. The smallest absolute Gasteiger partial charge is 0.252 e. The maximum Gasteiger partial charge on any atom is 0.252 e. The van der Waals surface area contributed by atoms with Gasteiger partial charge in [0.2, 0.25) is 0 Å². The van der Waals surface area contributed by atoms with Crippen LogP contribution in [0.5, 0.6) is 0 Å². The Labute approximate surface area is 142 Å². The Kier molecular flexibility index (Phi) is 5.38. The molecule has 1 N–H and O–H groups in total. The number of hydrogen-bond acceptors (Lipinski definition) is 5. The monoisotopic (exact) mass is 325 g/mol. The molecule has 0 spiro atoms. The molecule has 24 heavy (non-hydrogen) atoms. The van der Waals surface area contributed by atoms with Gasteiger partial charge in [0.1, 0.15) is 5.82 Å². The van der Waals surface area contributed by atoms with Gasteiger partial charge in [0.25, 0.3) is 5.91 Å². The SMILES string of the molecule is CN1CCN(c2ccc(C(=O)NCCc3ccccn3)cn2)CC1. The standard InChI is InChI=1S/C18H23N5O/c1-22-10-12-23(13-11-22)17-6-5-15(14-21-17)18(24)20-9-7-16-4-2-3-8-19-16/h2-6,8,14H,7,9-13H2,1H3,(H,20,24). The fourth-order valence-corrected chi connectivity index (χ4v) is 2.70. The first-order valence-electron chi connectivity index (χ1n) is 8.30. The van der Waals surface area contributed by atoms with Crippen molar-refractivity contribution in [2.45, 2.75) is 6.42 Å². The van der Waals surface area contributed by atoms with Gasteiger partial charge < -0.3 is 15.1 Å². The highest BCUT2D eigenvalue weighted by Crippen LogP contribution is 2.13. The molecular weight excluding hydrogens is 302 g/mol. The predicted octanol–water partition coefficient (Wildman–Crippen LogP) is 1.20. The number of nitrogens with zero attached hydrogens (tertiary/aromatic N) is 4. The first-order chi connectivity index (χ1) is 11.7. The van der Waals surface area contributed by atoms with Gasteiger partial charge in [-0.2, -0.15) is 0 Å². The highest BCUT2D eigenvalue weighted by Gasteiger charge is 2.15. The lowest BCUT2D eigenvalue weighted by Crippen LogP contribution is -2.44. The Bertz CT molecular complexity index is 651. The van der Waals surface area contributed by atoms with E-state index in [4.69, 9.17) is 0 Å². The molecule has 0 atom stereocenters. The predicted molar refractivity (Wildman–Crippen MR) is 94.2 cm³/mol. The van der Waals surface area contributed by atoms with E-state index in [1.807, 2.05) is 30.3 Å². The summed E-state index contributed by atoms with van der Waals surface area (Å²) in [6.07, 6.45) is 4.14. The number of nitrogens with one attached hydrogen (secondary N) is 1. The molecule has 1 fully saturated rings. The molecule has 3 rings (SSSR count). The van der Waals surface area contributed by atoms with E-state index in [-0.39, 0.29) is 5.91 Å². The third kappa shape index (κ3) is 4.29. The van der Waals surface area contributed by atoms with Crippen molar-refractivity contribution >= 4 is 11.7 Å². The van der Waals surface area contributed by atoms with Gasteiger partial charge in [0.05, 0.1) is 5.56 Å². The van der Waals surface area contributed by atoms with E-state index in [9.17, 15) is 4.79 Å². The minimum Gasteiger partial charge on any atom is -0.354 e. The Hall–Kier alpha value is -2.47. The Morgan fingerprint density at radius 3 is 2.62 bits per heavy atom. The lowest BCUT2D eigenvalue weighted by Gasteiger charge is -2.33. The van der Waals surface area contributed by atoms with Crippen LogP contribution in [0.3, 0.4) is 0 Å². The Balaban J connectivity index is 1.50. The Morgan fingerprint density at radius 2 is 1.96 bits per heavy atom. The minimum absolute atomic E-state index is 0.0941. The molecule has 0 unspecified atom stereocenters. The molecule has 0 aromatic carbocycles. The highest BCUT2D eigenvalue weighted by atomic mass is 16.1. The summed E-state index contributed by atoms with van der Waals surface area (Å²) in [7, 11) is 2.13. The topological polar surface area (TPSA) is 61.4 Å². The number of aromatic nitrogens is 2. The molecule has 0 bridgehead atoms. The van der Waals surface area contributed by atoms with Gasteiger partial charge in [-0.25, -0.2) is 4.98 Å². The van der Waals surface area contributed by atoms with Crippen LogP contribution in [0.1, 0.15) is 16.1 Å². The summed E-state index contributed by atoms with van der Waals surface area (Å²) in [6.45, 7) is 4.59. The van der Waals surface area contributed by atoms with E-state index in [0.717, 1.165) is 44.1 Å². The van der Waals surface area contributed by atoms with Crippen LogP contribution in [-0.4, -0.2) is 60.5 Å². The van der Waals surface area contributed by atoms with Gasteiger partial charge in [0, 0.05) is 57.2 Å². The van der Waals surface area contributed by atoms with Crippen molar-refractivity contribution < 1.29 is 4.79 Å². The minimum atomic E-state index is -0.0941. The fourth-order valence-electron chi connectivity index (χ4n) is 2.70. The molecule has 1 aliphatic heterocycles. The highest BCUT2D eigenvalue weighted by molar-refractivity contribution is 5.94. The zero-order chi connectivity index (χ0) is 16.8. The molecule has 1 amide bonds. The number of carbonyl (C=O) groups excluding carboxylic acids is 1. The Morgan fingerprint density at radius 1 is 1.12 bits per heavy atom. The maximum absolute atomic E-state index is 12.2. The van der Waals surface area contributed by atoms with Gasteiger partial charge in [-0.1, -0.05) is 6.07 Å². The molecule has 2 aromatic rings. The summed E-state index contributed by atoms with van der Waals surface area (Å²) < 4.78 is 0. The van der Waals surface area contributed by atoms with Crippen molar-refractivity contribution in [1.29, 1.82) is 0 Å². The fraction of sp³-hybridized carbons (Fsp3) is 0.389. The van der Waals surface area contributed by atoms with Crippen molar-refractivity contribution in [3.8, 4) is 0 Å². The molecule has 126 valence electrons. The largest absolute Gasteiger partial charge is 0.354 e. The molecule has 3 heterocycles. The number of pyridine rings is 2. The van der Waals surface area contributed by atoms with E-state index in [1.165, 1.54) is 0 Å². The van der Waals surface area contributed by atoms with Gasteiger partial charge >= 0.3 is 0 Å². The summed E-state index contributed by atoms with van der Waals surface area (Å²) >= 11 is 0. The van der Waals surface area contributed by atoms with E-state index in [2.05, 4.69) is 32.1 Å². The summed E-state index contributed by atoms with van der Waals surface area (Å²) in [5.41, 5.74) is 1.57. The first kappa shape index (κ1) is 16.4. The number of carbonyl (C=O) groups is 1. The van der Waals surface area contributed by atoms with Gasteiger partial charge in [-0.3, -0.25) is 9.78 Å². The average Bonchev–Trinajstić information content (AvgIpc) is 2.63. The second-order valence-corrected chi connectivity index (χ2v) is 6.02. The number of likely N-dealkylation sites (N-methyl/N-ethyl adjacent to an activating group) is 1. The molecule has 1 saturated heterocycles. The average molecular weight is 325 g/mol. The molecule has 0 aliphatic carbocycles. The lowest BCUT2D eigenvalue weighted by atomic mass is 10.2. The molecule has 2 aromatic heterocycles. The van der Waals surface area contributed by atoms with Gasteiger partial charge in [0.15, 0.2) is 0 Å². The third-order valence-electron chi connectivity index (χ3n) is 4.23. The van der Waals surface area contributed by atoms with Crippen LogP contribution < -0.4 is 10.2 Å². The quantitative estimate of drug-likeness (QED) is 0.895. The van der Waals surface area contributed by atoms with E-state index >= 15 is 0 Å². The van der Waals surface area contributed by atoms with E-state index in [1.54, 1.807) is 12.4 Å². The molecule has 1 aliphatic rings. The van der Waals surface area contributed by atoms with Crippen molar-refractivity contribution in [2.24, 2.45) is 0 Å². The van der Waals surface area contributed by atoms with Crippen LogP contribution in [0.4, 0.5) is 5.82 Å². The van der Waals surface area contributed by atoms with E-state index < -0.39 is 0 Å². The summed E-state index contributed by atoms with van der Waals surface area (Å²) in [6, 6.07) is 9.56. The van der Waals surface area contributed by atoms with Crippen LogP contribution in [0.15, 0.2) is 42.7 Å². The van der Waals surface area contributed by atoms with Crippen LogP contribution in [0, 0.1) is 0 Å². The number of rotatable bonds is 5. The summed E-state index contributed by atoms with van der Waals surface area (Å²) in [5.74, 6) is 0.844. The van der Waals surface area contributed by atoms with Crippen molar-refractivity contribution in [3.05, 3.63) is 54.0 Å². The molecule has 6 heteroatoms. The van der Waals surface area contributed by atoms with Crippen LogP contribution in [0.2, 0.25) is 0 Å². The van der Waals surface area contributed by atoms with Crippen LogP contribution in [0.25, 0.3) is 0 Å². The second kappa shape index (κ2) is 7.88. The number of anilines is 1. The zero-order valence-electron chi connectivity index (χ0n) is 14.0. The first-order valence-corrected chi connectivity index (χ1v) is 8.30. The van der Waals surface area contributed by atoms with Crippen molar-refractivity contribution in [3.63, 3.8) is 0 Å². The third-order valence-corrected chi connectivity index (χ3v) is 4.23. The van der Waals surface area contributed by atoms with Gasteiger partial charge in [-0.05, 0) is 31.3 Å². The maximum atomic E-state index is 12.2. The number of hydrogen-bond donors (Lipinski definition) is 1. The van der Waals surface area contributed by atoms with Crippen LogP contribution >= 0.6 is 0 Å². The van der Waals surface area contributed by atoms with Crippen molar-refractivity contribution in [2.75, 3.05) is 44.7 Å².